The van der Waals surface area contributed by atoms with Crippen molar-refractivity contribution in [3.05, 3.63) is 12.3 Å². The van der Waals surface area contributed by atoms with E-state index in [0.29, 0.717) is 18.3 Å². The summed E-state index contributed by atoms with van der Waals surface area (Å²) < 4.78 is 4.64. The van der Waals surface area contributed by atoms with Gasteiger partial charge >= 0.3 is 0 Å². The molecule has 1 saturated carbocycles. The highest BCUT2D eigenvalue weighted by Crippen LogP contribution is 2.31. The molecule has 0 spiro atoms. The van der Waals surface area contributed by atoms with Crippen molar-refractivity contribution in [1.29, 1.82) is 0 Å². The molecule has 2 unspecified atom stereocenters. The van der Waals surface area contributed by atoms with Gasteiger partial charge in [-0.05, 0) is 25.3 Å². The van der Waals surface area contributed by atoms with Gasteiger partial charge in [-0.3, -0.25) is 4.79 Å². The van der Waals surface area contributed by atoms with Gasteiger partial charge in [0.1, 0.15) is 6.26 Å². The summed E-state index contributed by atoms with van der Waals surface area (Å²) in [4.78, 5) is 11.8. The van der Waals surface area contributed by atoms with Crippen LogP contribution in [0, 0.1) is 11.8 Å². The minimum Gasteiger partial charge on any atom is -0.363 e. The van der Waals surface area contributed by atoms with E-state index in [1.807, 2.05) is 0 Å². The molecule has 1 aliphatic rings. The van der Waals surface area contributed by atoms with E-state index in [0.717, 1.165) is 19.3 Å². The summed E-state index contributed by atoms with van der Waals surface area (Å²) in [6.45, 7) is 0.580. The molecule has 2 atom stereocenters. The molecule has 1 aromatic rings. The molecular formula is C10H15N3O2. The van der Waals surface area contributed by atoms with Crippen molar-refractivity contribution >= 4 is 11.7 Å². The molecule has 1 amide bonds. The minimum atomic E-state index is 0.0110. The Morgan fingerprint density at radius 2 is 2.53 bits per heavy atom. The molecule has 1 aliphatic carbocycles. The predicted octanol–water partition coefficient (Wildman–Crippen LogP) is 0.988. The van der Waals surface area contributed by atoms with Crippen molar-refractivity contribution in [2.24, 2.45) is 17.6 Å². The van der Waals surface area contributed by atoms with E-state index in [4.69, 9.17) is 5.73 Å². The Kier molecular flexibility index (Phi) is 3.01. The van der Waals surface area contributed by atoms with E-state index in [2.05, 4.69) is 15.0 Å². The van der Waals surface area contributed by atoms with Gasteiger partial charge in [0.2, 0.25) is 5.91 Å². The Bertz CT molecular complexity index is 323. The molecule has 15 heavy (non-hydrogen) atoms. The molecule has 0 aliphatic heterocycles. The Morgan fingerprint density at radius 3 is 3.20 bits per heavy atom. The lowest BCUT2D eigenvalue weighted by atomic mass is 9.95. The molecule has 2 rings (SSSR count). The SMILES string of the molecule is NCC1CCCC1C(=O)Nc1ccon1. The average molecular weight is 209 g/mol. The molecule has 1 heterocycles. The summed E-state index contributed by atoms with van der Waals surface area (Å²) in [7, 11) is 0. The van der Waals surface area contributed by atoms with Crippen LogP contribution in [0.15, 0.2) is 16.9 Å². The van der Waals surface area contributed by atoms with Gasteiger partial charge in [0, 0.05) is 12.0 Å². The fourth-order valence-electron chi connectivity index (χ4n) is 2.16. The van der Waals surface area contributed by atoms with Gasteiger partial charge in [-0.25, -0.2) is 0 Å². The minimum absolute atomic E-state index is 0.0110. The van der Waals surface area contributed by atoms with Gasteiger partial charge in [-0.15, -0.1) is 0 Å². The van der Waals surface area contributed by atoms with Crippen LogP contribution in [0.4, 0.5) is 5.82 Å². The van der Waals surface area contributed by atoms with Gasteiger partial charge in [0.05, 0.1) is 0 Å². The summed E-state index contributed by atoms with van der Waals surface area (Å²) in [6, 6.07) is 1.63. The van der Waals surface area contributed by atoms with Crippen molar-refractivity contribution in [1.82, 2.24) is 5.16 Å². The Hall–Kier alpha value is -1.36. The molecule has 5 heteroatoms. The molecule has 5 nitrogen and oxygen atoms in total. The highest BCUT2D eigenvalue weighted by Gasteiger charge is 2.32. The second-order valence-electron chi connectivity index (χ2n) is 3.91. The van der Waals surface area contributed by atoms with Gasteiger partial charge < -0.3 is 15.6 Å². The zero-order chi connectivity index (χ0) is 10.7. The molecule has 0 radical (unpaired) electrons. The third-order valence-corrected chi connectivity index (χ3v) is 2.99. The number of carbonyl (C=O) groups is 1. The number of carbonyl (C=O) groups excluding carboxylic acids is 1. The number of rotatable bonds is 3. The van der Waals surface area contributed by atoms with Crippen molar-refractivity contribution < 1.29 is 9.32 Å². The number of nitrogens with one attached hydrogen (secondary N) is 1. The topological polar surface area (TPSA) is 81.2 Å². The summed E-state index contributed by atoms with van der Waals surface area (Å²) in [5.41, 5.74) is 5.62. The van der Waals surface area contributed by atoms with Crippen LogP contribution in [-0.4, -0.2) is 17.6 Å². The molecule has 0 bridgehead atoms. The number of aromatic nitrogens is 1. The molecule has 0 aromatic carbocycles. The van der Waals surface area contributed by atoms with E-state index in [1.165, 1.54) is 6.26 Å². The maximum Gasteiger partial charge on any atom is 0.229 e. The number of nitrogens with zero attached hydrogens (tertiary/aromatic N) is 1. The zero-order valence-electron chi connectivity index (χ0n) is 8.48. The summed E-state index contributed by atoms with van der Waals surface area (Å²) in [5, 5.41) is 6.37. The van der Waals surface area contributed by atoms with Crippen LogP contribution >= 0.6 is 0 Å². The lowest BCUT2D eigenvalue weighted by molar-refractivity contribution is -0.120. The first-order valence-corrected chi connectivity index (χ1v) is 5.22. The van der Waals surface area contributed by atoms with Crippen molar-refractivity contribution in [3.63, 3.8) is 0 Å². The lowest BCUT2D eigenvalue weighted by Gasteiger charge is -2.15. The molecular weight excluding hydrogens is 194 g/mol. The summed E-state index contributed by atoms with van der Waals surface area (Å²) in [5.74, 6) is 0.836. The van der Waals surface area contributed by atoms with Crippen LogP contribution in [0.1, 0.15) is 19.3 Å². The number of anilines is 1. The predicted molar refractivity (Wildman–Crippen MR) is 55.0 cm³/mol. The fourth-order valence-corrected chi connectivity index (χ4v) is 2.16. The van der Waals surface area contributed by atoms with E-state index in [1.54, 1.807) is 6.07 Å². The van der Waals surface area contributed by atoms with E-state index in [-0.39, 0.29) is 11.8 Å². The van der Waals surface area contributed by atoms with E-state index in [9.17, 15) is 4.79 Å². The van der Waals surface area contributed by atoms with Crippen molar-refractivity contribution in [2.45, 2.75) is 19.3 Å². The molecule has 1 fully saturated rings. The van der Waals surface area contributed by atoms with Crippen LogP contribution in [0.2, 0.25) is 0 Å². The van der Waals surface area contributed by atoms with Gasteiger partial charge in [-0.2, -0.15) is 0 Å². The normalized spacial score (nSPS) is 25.4. The molecule has 0 saturated heterocycles. The van der Waals surface area contributed by atoms with Crippen LogP contribution < -0.4 is 11.1 Å². The fraction of sp³-hybridized carbons (Fsp3) is 0.600. The average Bonchev–Trinajstić information content (AvgIpc) is 2.86. The summed E-state index contributed by atoms with van der Waals surface area (Å²) >= 11 is 0. The van der Waals surface area contributed by atoms with Crippen molar-refractivity contribution in [2.75, 3.05) is 11.9 Å². The van der Waals surface area contributed by atoms with Crippen LogP contribution in [0.25, 0.3) is 0 Å². The second kappa shape index (κ2) is 4.44. The number of hydrogen-bond donors (Lipinski definition) is 2. The number of amides is 1. The largest absolute Gasteiger partial charge is 0.363 e. The Balaban J connectivity index is 1.96. The Labute approximate surface area is 88.0 Å². The zero-order valence-corrected chi connectivity index (χ0v) is 8.48. The van der Waals surface area contributed by atoms with Crippen LogP contribution in [-0.2, 0) is 4.79 Å². The maximum atomic E-state index is 11.8. The molecule has 1 aromatic heterocycles. The lowest BCUT2D eigenvalue weighted by Crippen LogP contribution is -2.29. The number of nitrogens with two attached hydrogens (primary N) is 1. The summed E-state index contributed by atoms with van der Waals surface area (Å²) in [6.07, 6.45) is 4.49. The first kappa shape index (κ1) is 10.2. The van der Waals surface area contributed by atoms with E-state index >= 15 is 0 Å². The highest BCUT2D eigenvalue weighted by atomic mass is 16.5. The smallest absolute Gasteiger partial charge is 0.229 e. The monoisotopic (exact) mass is 209 g/mol. The highest BCUT2D eigenvalue weighted by molar-refractivity contribution is 5.91. The molecule has 3 N–H and O–H groups in total. The van der Waals surface area contributed by atoms with Gasteiger partial charge in [-0.1, -0.05) is 11.6 Å². The third-order valence-electron chi connectivity index (χ3n) is 2.99. The first-order valence-electron chi connectivity index (χ1n) is 5.22. The van der Waals surface area contributed by atoms with E-state index < -0.39 is 0 Å². The molecule has 82 valence electrons. The van der Waals surface area contributed by atoms with Gasteiger partial charge in [0.15, 0.2) is 5.82 Å². The van der Waals surface area contributed by atoms with Gasteiger partial charge in [0.25, 0.3) is 0 Å². The number of hydrogen-bond acceptors (Lipinski definition) is 4. The third kappa shape index (κ3) is 2.18. The van der Waals surface area contributed by atoms with Crippen molar-refractivity contribution in [3.8, 4) is 0 Å². The second-order valence-corrected chi connectivity index (χ2v) is 3.91. The Morgan fingerprint density at radius 1 is 1.67 bits per heavy atom. The standard InChI is InChI=1S/C10H15N3O2/c11-6-7-2-1-3-8(7)10(14)12-9-4-5-15-13-9/h4-5,7-8H,1-3,6,11H2,(H,12,13,14). The maximum absolute atomic E-state index is 11.8. The first-order chi connectivity index (χ1) is 7.31. The quantitative estimate of drug-likeness (QED) is 0.777. The van der Waals surface area contributed by atoms with Crippen LogP contribution in [0.5, 0.6) is 0 Å². The van der Waals surface area contributed by atoms with Crippen LogP contribution in [0.3, 0.4) is 0 Å².